The highest BCUT2D eigenvalue weighted by Gasteiger charge is 2.13. The average molecular weight is 342 g/mol. The van der Waals surface area contributed by atoms with E-state index < -0.39 is 0 Å². The smallest absolute Gasteiger partial charge is 0.228 e. The number of carbonyl (C=O) groups excluding carboxylic acids is 1. The molecule has 1 aromatic rings. The van der Waals surface area contributed by atoms with Gasteiger partial charge in [-0.25, -0.2) is 4.39 Å². The van der Waals surface area contributed by atoms with Crippen molar-refractivity contribution in [3.8, 4) is 0 Å². The van der Waals surface area contributed by atoms with Crippen LogP contribution in [0.15, 0.2) is 18.2 Å². The minimum atomic E-state index is -0.341. The maximum Gasteiger partial charge on any atom is 0.228 e. The monoisotopic (exact) mass is 341 g/mol. The summed E-state index contributed by atoms with van der Waals surface area (Å²) in [5, 5.41) is 2.63. The lowest BCUT2D eigenvalue weighted by atomic mass is 10.2. The van der Waals surface area contributed by atoms with E-state index in [-0.39, 0.29) is 23.5 Å². The predicted octanol–water partition coefficient (Wildman–Crippen LogP) is 3.24. The van der Waals surface area contributed by atoms with Gasteiger partial charge in [-0.2, -0.15) is 0 Å². The summed E-state index contributed by atoms with van der Waals surface area (Å²) in [4.78, 5) is 11.5. The van der Waals surface area contributed by atoms with Gasteiger partial charge in [0.2, 0.25) is 5.91 Å². The van der Waals surface area contributed by atoms with Gasteiger partial charge in [-0.05, 0) is 34.7 Å². The molecule has 15 heavy (non-hydrogen) atoms. The van der Waals surface area contributed by atoms with E-state index in [4.69, 9.17) is 11.6 Å². The molecule has 1 amide bonds. The zero-order valence-corrected chi connectivity index (χ0v) is 11.0. The van der Waals surface area contributed by atoms with Crippen molar-refractivity contribution in [3.05, 3.63) is 27.6 Å². The molecule has 0 aliphatic heterocycles. The molecule has 2 nitrogen and oxygen atoms in total. The number of alkyl halides is 1. The first kappa shape index (κ1) is 12.7. The van der Waals surface area contributed by atoms with Crippen molar-refractivity contribution in [3.63, 3.8) is 0 Å². The third-order valence-corrected chi connectivity index (χ3v) is 3.45. The second kappa shape index (κ2) is 5.65. The molecular formula is C10H10ClFINO. The van der Waals surface area contributed by atoms with Gasteiger partial charge in [-0.3, -0.25) is 4.79 Å². The zero-order valence-electron chi connectivity index (χ0n) is 8.06. The van der Waals surface area contributed by atoms with E-state index in [1.807, 2.05) is 22.6 Å². The molecular weight excluding hydrogens is 331 g/mol. The van der Waals surface area contributed by atoms with E-state index in [0.717, 1.165) is 0 Å². The standard InChI is InChI=1S/C10H10ClFINO/c1-6(5-11)10(15)14-8-4-2-3-7(12)9(8)13/h2-4,6H,5H2,1H3,(H,14,15). The Balaban J connectivity index is 2.81. The number of carbonyl (C=O) groups is 1. The summed E-state index contributed by atoms with van der Waals surface area (Å²) < 4.78 is 13.5. The first-order valence-electron chi connectivity index (χ1n) is 4.37. The summed E-state index contributed by atoms with van der Waals surface area (Å²) >= 11 is 7.40. The Kier molecular flexibility index (Phi) is 4.79. The highest BCUT2D eigenvalue weighted by atomic mass is 127. The van der Waals surface area contributed by atoms with Gasteiger partial charge in [0.25, 0.3) is 0 Å². The maximum absolute atomic E-state index is 13.1. The fourth-order valence-corrected chi connectivity index (χ4v) is 1.56. The average Bonchev–Trinajstić information content (AvgIpc) is 2.23. The normalized spacial score (nSPS) is 12.3. The lowest BCUT2D eigenvalue weighted by molar-refractivity contribution is -0.118. The van der Waals surface area contributed by atoms with Crippen molar-refractivity contribution in [2.45, 2.75) is 6.92 Å². The van der Waals surface area contributed by atoms with E-state index >= 15 is 0 Å². The van der Waals surface area contributed by atoms with Gasteiger partial charge in [-0.1, -0.05) is 13.0 Å². The van der Waals surface area contributed by atoms with Crippen LogP contribution in [0.2, 0.25) is 0 Å². The Morgan fingerprint density at radius 2 is 2.33 bits per heavy atom. The molecule has 1 N–H and O–H groups in total. The third-order valence-electron chi connectivity index (χ3n) is 1.89. The van der Waals surface area contributed by atoms with Crippen LogP contribution >= 0.6 is 34.2 Å². The van der Waals surface area contributed by atoms with Crippen LogP contribution in [-0.2, 0) is 4.79 Å². The number of hydrogen-bond acceptors (Lipinski definition) is 1. The summed E-state index contributed by atoms with van der Waals surface area (Å²) in [6.07, 6.45) is 0. The summed E-state index contributed by atoms with van der Waals surface area (Å²) in [5.41, 5.74) is 0.484. The van der Waals surface area contributed by atoms with Crippen LogP contribution in [-0.4, -0.2) is 11.8 Å². The fraction of sp³-hybridized carbons (Fsp3) is 0.300. The second-order valence-corrected chi connectivity index (χ2v) is 4.53. The van der Waals surface area contributed by atoms with Crippen LogP contribution in [0, 0.1) is 15.3 Å². The highest BCUT2D eigenvalue weighted by Crippen LogP contribution is 2.21. The summed E-state index contributed by atoms with van der Waals surface area (Å²) in [7, 11) is 0. The molecule has 0 bridgehead atoms. The largest absolute Gasteiger partial charge is 0.325 e. The first-order valence-corrected chi connectivity index (χ1v) is 5.98. The fourth-order valence-electron chi connectivity index (χ4n) is 0.926. The van der Waals surface area contributed by atoms with Crippen LogP contribution in [0.25, 0.3) is 0 Å². The van der Waals surface area contributed by atoms with Crippen molar-refractivity contribution in [1.82, 2.24) is 0 Å². The molecule has 0 fully saturated rings. The van der Waals surface area contributed by atoms with Crippen molar-refractivity contribution in [2.24, 2.45) is 5.92 Å². The molecule has 0 spiro atoms. The van der Waals surface area contributed by atoms with E-state index in [9.17, 15) is 9.18 Å². The molecule has 0 aliphatic rings. The second-order valence-electron chi connectivity index (χ2n) is 3.15. The Bertz CT molecular complexity index is 372. The minimum Gasteiger partial charge on any atom is -0.325 e. The van der Waals surface area contributed by atoms with Crippen molar-refractivity contribution in [2.75, 3.05) is 11.2 Å². The Hall–Kier alpha value is -0.360. The quantitative estimate of drug-likeness (QED) is 0.664. The van der Waals surface area contributed by atoms with Gasteiger partial charge in [0, 0.05) is 11.8 Å². The highest BCUT2D eigenvalue weighted by molar-refractivity contribution is 14.1. The number of hydrogen-bond donors (Lipinski definition) is 1. The van der Waals surface area contributed by atoms with Crippen molar-refractivity contribution in [1.29, 1.82) is 0 Å². The number of benzene rings is 1. The van der Waals surface area contributed by atoms with Gasteiger partial charge in [-0.15, -0.1) is 11.6 Å². The molecule has 0 heterocycles. The van der Waals surface area contributed by atoms with Crippen molar-refractivity contribution < 1.29 is 9.18 Å². The maximum atomic E-state index is 13.1. The third kappa shape index (κ3) is 3.31. The number of halogens is 3. The van der Waals surface area contributed by atoms with Gasteiger partial charge in [0.1, 0.15) is 5.82 Å². The SMILES string of the molecule is CC(CCl)C(=O)Nc1cccc(F)c1I. The molecule has 1 atom stereocenters. The molecule has 82 valence electrons. The van der Waals surface area contributed by atoms with Crippen molar-refractivity contribution >= 4 is 45.8 Å². The summed E-state index contributed by atoms with van der Waals surface area (Å²) in [6.45, 7) is 1.72. The molecule has 5 heteroatoms. The summed E-state index contributed by atoms with van der Waals surface area (Å²) in [5.74, 6) is -0.580. The van der Waals surface area contributed by atoms with E-state index in [0.29, 0.717) is 9.26 Å². The van der Waals surface area contributed by atoms with Crippen LogP contribution < -0.4 is 5.32 Å². The van der Waals surface area contributed by atoms with E-state index in [1.54, 1.807) is 19.1 Å². The van der Waals surface area contributed by atoms with E-state index in [1.165, 1.54) is 6.07 Å². The Morgan fingerprint density at radius 3 is 2.93 bits per heavy atom. The molecule has 0 radical (unpaired) electrons. The molecule has 1 aromatic carbocycles. The van der Waals surface area contributed by atoms with Gasteiger partial charge < -0.3 is 5.32 Å². The minimum absolute atomic E-state index is 0.200. The lowest BCUT2D eigenvalue weighted by Crippen LogP contribution is -2.22. The van der Waals surface area contributed by atoms with Gasteiger partial charge in [0.05, 0.1) is 9.26 Å². The molecule has 0 saturated carbocycles. The zero-order chi connectivity index (χ0) is 11.4. The number of anilines is 1. The number of rotatable bonds is 3. The van der Waals surface area contributed by atoms with Crippen LogP contribution in [0.3, 0.4) is 0 Å². The topological polar surface area (TPSA) is 29.1 Å². The van der Waals surface area contributed by atoms with E-state index in [2.05, 4.69) is 5.32 Å². The van der Waals surface area contributed by atoms with Gasteiger partial charge >= 0.3 is 0 Å². The van der Waals surface area contributed by atoms with Crippen LogP contribution in [0.4, 0.5) is 10.1 Å². The first-order chi connectivity index (χ1) is 7.06. The molecule has 0 aliphatic carbocycles. The lowest BCUT2D eigenvalue weighted by Gasteiger charge is -2.10. The molecule has 1 unspecified atom stereocenters. The molecule has 1 rings (SSSR count). The Labute approximate surface area is 106 Å². The number of nitrogens with one attached hydrogen (secondary N) is 1. The van der Waals surface area contributed by atoms with Crippen LogP contribution in [0.5, 0.6) is 0 Å². The van der Waals surface area contributed by atoms with Crippen LogP contribution in [0.1, 0.15) is 6.92 Å². The van der Waals surface area contributed by atoms with Gasteiger partial charge in [0.15, 0.2) is 0 Å². The predicted molar refractivity (Wildman–Crippen MR) is 67.6 cm³/mol. The Morgan fingerprint density at radius 1 is 1.67 bits per heavy atom. The summed E-state index contributed by atoms with van der Waals surface area (Å²) in [6, 6.07) is 4.56. The molecule has 0 aromatic heterocycles. The molecule has 0 saturated heterocycles. The number of amides is 1.